The van der Waals surface area contributed by atoms with E-state index in [9.17, 15) is 9.59 Å². The molecule has 88 valence electrons. The van der Waals surface area contributed by atoms with Crippen molar-refractivity contribution in [2.75, 3.05) is 6.54 Å². The Morgan fingerprint density at radius 2 is 2.06 bits per heavy atom. The van der Waals surface area contributed by atoms with Gasteiger partial charge >= 0.3 is 0 Å². The minimum Gasteiger partial charge on any atom is -0.348 e. The van der Waals surface area contributed by atoms with Crippen molar-refractivity contribution in [2.45, 2.75) is 33.2 Å². The number of aromatic nitrogens is 1. The van der Waals surface area contributed by atoms with Crippen molar-refractivity contribution in [3.05, 3.63) is 23.5 Å². The zero-order valence-corrected chi connectivity index (χ0v) is 10.2. The summed E-state index contributed by atoms with van der Waals surface area (Å²) in [5, 5.41) is 0. The van der Waals surface area contributed by atoms with Gasteiger partial charge in [0.15, 0.2) is 6.29 Å². The number of aldehydes is 1. The van der Waals surface area contributed by atoms with Crippen molar-refractivity contribution in [3.63, 3.8) is 0 Å². The molecular formula is C12H18N2O2. The molecule has 1 heterocycles. The molecule has 4 nitrogen and oxygen atoms in total. The van der Waals surface area contributed by atoms with E-state index in [0.717, 1.165) is 0 Å². The van der Waals surface area contributed by atoms with Gasteiger partial charge in [-0.2, -0.15) is 0 Å². The third-order valence-corrected chi connectivity index (χ3v) is 2.44. The Kier molecular flexibility index (Phi) is 3.52. The molecule has 0 unspecified atom stereocenters. The fourth-order valence-electron chi connectivity index (χ4n) is 1.67. The molecule has 0 radical (unpaired) electrons. The molecule has 0 aliphatic carbocycles. The van der Waals surface area contributed by atoms with Gasteiger partial charge < -0.3 is 9.88 Å². The van der Waals surface area contributed by atoms with Crippen LogP contribution < -0.4 is 0 Å². The van der Waals surface area contributed by atoms with Crippen LogP contribution in [0.3, 0.4) is 0 Å². The Bertz CT molecular complexity index is 388. The summed E-state index contributed by atoms with van der Waals surface area (Å²) in [7, 11) is 0. The largest absolute Gasteiger partial charge is 0.348 e. The van der Waals surface area contributed by atoms with Crippen molar-refractivity contribution in [1.29, 1.82) is 0 Å². The molecule has 0 fully saturated rings. The summed E-state index contributed by atoms with van der Waals surface area (Å²) < 4.78 is 0. The second-order valence-corrected chi connectivity index (χ2v) is 4.67. The molecule has 0 bridgehead atoms. The maximum atomic E-state index is 12.1. The van der Waals surface area contributed by atoms with Crippen LogP contribution in [0.2, 0.25) is 0 Å². The van der Waals surface area contributed by atoms with E-state index in [-0.39, 0.29) is 11.4 Å². The van der Waals surface area contributed by atoms with Crippen LogP contribution in [0, 0.1) is 0 Å². The standard InChI is InChI=1S/C12H18N2O2/c1-5-14(12(2,3)4)11(16)10-7-6-9(8-15)13-10/h6-8,13H,5H2,1-4H3. The summed E-state index contributed by atoms with van der Waals surface area (Å²) in [5.41, 5.74) is 0.658. The van der Waals surface area contributed by atoms with Gasteiger partial charge in [0, 0.05) is 12.1 Å². The molecule has 0 aromatic carbocycles. The highest BCUT2D eigenvalue weighted by atomic mass is 16.2. The molecular weight excluding hydrogens is 204 g/mol. The number of nitrogens with zero attached hydrogens (tertiary/aromatic N) is 1. The molecule has 1 amide bonds. The maximum absolute atomic E-state index is 12.1. The number of amides is 1. The highest BCUT2D eigenvalue weighted by Crippen LogP contribution is 2.16. The topological polar surface area (TPSA) is 53.2 Å². The number of aromatic amines is 1. The molecule has 0 saturated carbocycles. The van der Waals surface area contributed by atoms with Crippen LogP contribution >= 0.6 is 0 Å². The lowest BCUT2D eigenvalue weighted by Crippen LogP contribution is -2.45. The molecule has 1 N–H and O–H groups in total. The third-order valence-electron chi connectivity index (χ3n) is 2.44. The molecule has 1 aromatic heterocycles. The van der Waals surface area contributed by atoms with Crippen LogP contribution in [-0.2, 0) is 0 Å². The van der Waals surface area contributed by atoms with E-state index in [1.54, 1.807) is 17.0 Å². The first-order valence-corrected chi connectivity index (χ1v) is 5.36. The monoisotopic (exact) mass is 222 g/mol. The summed E-state index contributed by atoms with van der Waals surface area (Å²) >= 11 is 0. The Labute approximate surface area is 95.6 Å². The second kappa shape index (κ2) is 4.51. The molecule has 4 heteroatoms. The fourth-order valence-corrected chi connectivity index (χ4v) is 1.67. The predicted molar refractivity (Wildman–Crippen MR) is 62.6 cm³/mol. The number of hydrogen-bond acceptors (Lipinski definition) is 2. The average Bonchev–Trinajstić information content (AvgIpc) is 2.64. The first-order chi connectivity index (χ1) is 7.40. The van der Waals surface area contributed by atoms with E-state index >= 15 is 0 Å². The summed E-state index contributed by atoms with van der Waals surface area (Å²) in [6.07, 6.45) is 0.699. The quantitative estimate of drug-likeness (QED) is 0.796. The van der Waals surface area contributed by atoms with Gasteiger partial charge in [0.2, 0.25) is 0 Å². The summed E-state index contributed by atoms with van der Waals surface area (Å²) in [5.74, 6) is -0.0805. The molecule has 0 aliphatic heterocycles. The van der Waals surface area contributed by atoms with Crippen LogP contribution in [0.15, 0.2) is 12.1 Å². The van der Waals surface area contributed by atoms with E-state index in [4.69, 9.17) is 0 Å². The Hall–Kier alpha value is -1.58. The van der Waals surface area contributed by atoms with Gasteiger partial charge in [-0.25, -0.2) is 0 Å². The van der Waals surface area contributed by atoms with Crippen LogP contribution in [0.1, 0.15) is 48.7 Å². The van der Waals surface area contributed by atoms with Crippen LogP contribution in [0.5, 0.6) is 0 Å². The number of H-pyrrole nitrogens is 1. The van der Waals surface area contributed by atoms with E-state index in [2.05, 4.69) is 4.98 Å². The van der Waals surface area contributed by atoms with Crippen LogP contribution in [0.4, 0.5) is 0 Å². The highest BCUT2D eigenvalue weighted by Gasteiger charge is 2.26. The summed E-state index contributed by atoms with van der Waals surface area (Å²) in [6.45, 7) is 8.53. The fraction of sp³-hybridized carbons (Fsp3) is 0.500. The molecule has 0 aliphatic rings. The van der Waals surface area contributed by atoms with Crippen molar-refractivity contribution < 1.29 is 9.59 Å². The molecule has 0 spiro atoms. The van der Waals surface area contributed by atoms with Crippen molar-refractivity contribution in [1.82, 2.24) is 9.88 Å². The maximum Gasteiger partial charge on any atom is 0.270 e. The molecule has 1 rings (SSSR count). The zero-order valence-electron chi connectivity index (χ0n) is 10.2. The minimum atomic E-state index is -0.224. The van der Waals surface area contributed by atoms with Crippen molar-refractivity contribution in [3.8, 4) is 0 Å². The van der Waals surface area contributed by atoms with Gasteiger partial charge in [-0.3, -0.25) is 9.59 Å². The molecule has 0 atom stereocenters. The van der Waals surface area contributed by atoms with E-state index in [1.807, 2.05) is 27.7 Å². The molecule has 1 aromatic rings. The van der Waals surface area contributed by atoms with Gasteiger partial charge in [0.1, 0.15) is 5.69 Å². The SMILES string of the molecule is CCN(C(=O)c1ccc(C=O)[nH]1)C(C)(C)C. The minimum absolute atomic E-state index is 0.0805. The number of carbonyl (C=O) groups is 2. The van der Waals surface area contributed by atoms with Gasteiger partial charge in [0.25, 0.3) is 5.91 Å². The average molecular weight is 222 g/mol. The number of carbonyl (C=O) groups excluding carboxylic acids is 2. The number of nitrogens with one attached hydrogen (secondary N) is 1. The summed E-state index contributed by atoms with van der Waals surface area (Å²) in [4.78, 5) is 27.2. The predicted octanol–water partition coefficient (Wildman–Crippen LogP) is 2.09. The van der Waals surface area contributed by atoms with Gasteiger partial charge in [-0.15, -0.1) is 0 Å². The van der Waals surface area contributed by atoms with Gasteiger partial charge in [-0.1, -0.05) is 0 Å². The first kappa shape index (κ1) is 12.5. The zero-order chi connectivity index (χ0) is 12.3. The molecule has 16 heavy (non-hydrogen) atoms. The normalized spacial score (nSPS) is 11.2. The number of hydrogen-bond donors (Lipinski definition) is 1. The van der Waals surface area contributed by atoms with Gasteiger partial charge in [0.05, 0.1) is 5.69 Å². The Morgan fingerprint density at radius 3 is 2.44 bits per heavy atom. The number of rotatable bonds is 3. The Morgan fingerprint density at radius 1 is 1.44 bits per heavy atom. The smallest absolute Gasteiger partial charge is 0.270 e. The van der Waals surface area contributed by atoms with Gasteiger partial charge in [-0.05, 0) is 39.8 Å². The lowest BCUT2D eigenvalue weighted by atomic mass is 10.1. The summed E-state index contributed by atoms with van der Waals surface area (Å²) in [6, 6.07) is 3.25. The van der Waals surface area contributed by atoms with E-state index < -0.39 is 0 Å². The van der Waals surface area contributed by atoms with Crippen molar-refractivity contribution in [2.24, 2.45) is 0 Å². The third kappa shape index (κ3) is 2.51. The molecule has 0 saturated heterocycles. The first-order valence-electron chi connectivity index (χ1n) is 5.36. The lowest BCUT2D eigenvalue weighted by molar-refractivity contribution is 0.0593. The second-order valence-electron chi connectivity index (χ2n) is 4.67. The lowest BCUT2D eigenvalue weighted by Gasteiger charge is -2.34. The van der Waals surface area contributed by atoms with Crippen LogP contribution in [0.25, 0.3) is 0 Å². The van der Waals surface area contributed by atoms with E-state index in [1.165, 1.54) is 0 Å². The Balaban J connectivity index is 2.95. The van der Waals surface area contributed by atoms with Crippen LogP contribution in [-0.4, -0.2) is 34.2 Å². The highest BCUT2D eigenvalue weighted by molar-refractivity contribution is 5.94. The van der Waals surface area contributed by atoms with E-state index in [0.29, 0.717) is 24.2 Å². The van der Waals surface area contributed by atoms with Crippen molar-refractivity contribution >= 4 is 12.2 Å².